The summed E-state index contributed by atoms with van der Waals surface area (Å²) in [4.78, 5) is 9.37. The molecule has 0 amide bonds. The van der Waals surface area contributed by atoms with Gasteiger partial charge in [0.05, 0.1) is 0 Å². The average Bonchev–Trinajstić information content (AvgIpc) is 1.73. The maximum absolute atomic E-state index is 9.37. The Morgan fingerprint density at radius 2 is 1.86 bits per heavy atom. The molecule has 42 valence electrons. The molecule has 0 aromatic heterocycles. The van der Waals surface area contributed by atoms with Crippen molar-refractivity contribution in [1.82, 2.24) is 0 Å². The first-order valence-corrected chi connectivity index (χ1v) is 2.10. The summed E-state index contributed by atoms with van der Waals surface area (Å²) < 4.78 is 8.06. The van der Waals surface area contributed by atoms with Gasteiger partial charge < -0.3 is 5.11 Å². The van der Waals surface area contributed by atoms with Gasteiger partial charge in [-0.2, -0.15) is 0 Å². The molecule has 0 spiro atoms. The van der Waals surface area contributed by atoms with Gasteiger partial charge in [0, 0.05) is 6.42 Å². The van der Waals surface area contributed by atoms with Crippen molar-refractivity contribution >= 4 is 15.1 Å². The van der Waals surface area contributed by atoms with Crippen LogP contribution >= 0.6 is 9.12 Å². The molecule has 0 bridgehead atoms. The van der Waals surface area contributed by atoms with Crippen LogP contribution in [-0.2, 0) is 9.36 Å². The second-order valence-corrected chi connectivity index (χ2v) is 0.747. The second-order valence-electron chi connectivity index (χ2n) is 0.747. The van der Waals surface area contributed by atoms with Crippen LogP contribution in [0.3, 0.4) is 0 Å². The Balaban J connectivity index is 0. The molecule has 0 aromatic carbocycles. The summed E-state index contributed by atoms with van der Waals surface area (Å²) in [7, 11) is 1.72. The van der Waals surface area contributed by atoms with Gasteiger partial charge in [0.2, 0.25) is 0 Å². The van der Waals surface area contributed by atoms with Gasteiger partial charge in [-0.25, -0.2) is 0 Å². The summed E-state index contributed by atoms with van der Waals surface area (Å²) in [5.74, 6) is -0.745. The lowest BCUT2D eigenvalue weighted by Crippen LogP contribution is -1.86. The van der Waals surface area contributed by atoms with Crippen LogP contribution in [0.4, 0.5) is 0 Å². The lowest BCUT2D eigenvalue weighted by molar-refractivity contribution is -0.136. The number of carbonyl (C=O) groups is 1. The summed E-state index contributed by atoms with van der Waals surface area (Å²) >= 11 is 0. The van der Waals surface area contributed by atoms with Crippen LogP contribution in [-0.4, -0.2) is 11.1 Å². The van der Waals surface area contributed by atoms with E-state index in [-0.39, 0.29) is 6.42 Å². The first-order valence-electron chi connectivity index (χ1n) is 1.69. The molecule has 0 rings (SSSR count). The van der Waals surface area contributed by atoms with Crippen molar-refractivity contribution in [3.63, 3.8) is 0 Å². The molecule has 0 saturated heterocycles. The Labute approximate surface area is 44.0 Å². The second kappa shape index (κ2) is 9.13. The van der Waals surface area contributed by atoms with E-state index in [4.69, 9.17) is 9.67 Å². The molecular formula is C3H7O3P. The van der Waals surface area contributed by atoms with Gasteiger partial charge in [0.25, 0.3) is 0 Å². The molecule has 0 saturated carbocycles. The van der Waals surface area contributed by atoms with Crippen LogP contribution in [0, 0.1) is 0 Å². The van der Waals surface area contributed by atoms with E-state index in [0.29, 0.717) is 0 Å². The molecule has 0 aliphatic carbocycles. The third-order valence-corrected chi connectivity index (χ3v) is 0.302. The maximum Gasteiger partial charge on any atom is 0.303 e. The average molecular weight is 122 g/mol. The highest BCUT2D eigenvalue weighted by molar-refractivity contribution is 7.00. The topological polar surface area (TPSA) is 54.4 Å². The number of rotatable bonds is 1. The maximum atomic E-state index is 9.37. The molecule has 7 heavy (non-hydrogen) atoms. The SMILES string of the molecule is CCC(=O)O.O=P. The zero-order valence-corrected chi connectivity index (χ0v) is 4.97. The van der Waals surface area contributed by atoms with Gasteiger partial charge in [-0.05, 0) is 0 Å². The third-order valence-electron chi connectivity index (χ3n) is 0.302. The Bertz CT molecular complexity index is 54.1. The molecule has 3 nitrogen and oxygen atoms in total. The van der Waals surface area contributed by atoms with E-state index in [1.807, 2.05) is 0 Å². The highest BCUT2D eigenvalue weighted by atomic mass is 31.0. The smallest absolute Gasteiger partial charge is 0.303 e. The van der Waals surface area contributed by atoms with Crippen molar-refractivity contribution in [2.75, 3.05) is 0 Å². The summed E-state index contributed by atoms with van der Waals surface area (Å²) in [6, 6.07) is 0. The fourth-order valence-electron chi connectivity index (χ4n) is 0. The van der Waals surface area contributed by atoms with E-state index in [2.05, 4.69) is 0 Å². The standard InChI is InChI=1S/C3H6O2.HOP/c1-2-3(4)5;1-2/h2H2,1H3,(H,4,5);2H. The van der Waals surface area contributed by atoms with Crippen LogP contribution in [0.15, 0.2) is 0 Å². The van der Waals surface area contributed by atoms with Crippen molar-refractivity contribution < 1.29 is 14.5 Å². The van der Waals surface area contributed by atoms with Gasteiger partial charge in [0.1, 0.15) is 9.12 Å². The molecule has 0 heterocycles. The summed E-state index contributed by atoms with van der Waals surface area (Å²) in [6.45, 7) is 1.60. The summed E-state index contributed by atoms with van der Waals surface area (Å²) in [5, 5.41) is 7.72. The minimum Gasteiger partial charge on any atom is -0.481 e. The van der Waals surface area contributed by atoms with Gasteiger partial charge in [-0.1, -0.05) is 6.92 Å². The molecule has 0 atom stereocenters. The first-order chi connectivity index (χ1) is 3.27. The quantitative estimate of drug-likeness (QED) is 0.527. The van der Waals surface area contributed by atoms with Crippen LogP contribution in [0.25, 0.3) is 0 Å². The molecule has 0 aliphatic heterocycles. The predicted molar refractivity (Wildman–Crippen MR) is 26.9 cm³/mol. The van der Waals surface area contributed by atoms with E-state index in [9.17, 15) is 4.79 Å². The first kappa shape index (κ1) is 9.76. The van der Waals surface area contributed by atoms with E-state index in [1.165, 1.54) is 0 Å². The van der Waals surface area contributed by atoms with E-state index < -0.39 is 5.97 Å². The highest BCUT2D eigenvalue weighted by Crippen LogP contribution is 1.67. The Morgan fingerprint density at radius 1 is 1.71 bits per heavy atom. The minimum atomic E-state index is -0.745. The van der Waals surface area contributed by atoms with Crippen molar-refractivity contribution in [3.8, 4) is 0 Å². The van der Waals surface area contributed by atoms with Crippen molar-refractivity contribution in [2.24, 2.45) is 0 Å². The summed E-state index contributed by atoms with van der Waals surface area (Å²) in [5.41, 5.74) is 0. The lowest BCUT2D eigenvalue weighted by Gasteiger charge is -1.71. The largest absolute Gasteiger partial charge is 0.481 e. The molecule has 0 aliphatic rings. The molecule has 0 radical (unpaired) electrons. The van der Waals surface area contributed by atoms with E-state index in [1.54, 1.807) is 16.0 Å². The molecule has 1 N–H and O–H groups in total. The van der Waals surface area contributed by atoms with Gasteiger partial charge >= 0.3 is 5.97 Å². The van der Waals surface area contributed by atoms with Crippen LogP contribution in [0.2, 0.25) is 0 Å². The Morgan fingerprint density at radius 3 is 1.86 bits per heavy atom. The van der Waals surface area contributed by atoms with Gasteiger partial charge in [-0.3, -0.25) is 9.36 Å². The molecule has 0 aromatic rings. The zero-order valence-electron chi connectivity index (χ0n) is 3.97. The number of carboxylic acids is 1. The number of aliphatic carboxylic acids is 1. The molecule has 0 fully saturated rings. The summed E-state index contributed by atoms with van der Waals surface area (Å²) in [6.07, 6.45) is 0.222. The van der Waals surface area contributed by atoms with Crippen molar-refractivity contribution in [2.45, 2.75) is 13.3 Å². The Hall–Kier alpha value is -0.430. The predicted octanol–water partition coefficient (Wildman–Crippen LogP) is 0.956. The fraction of sp³-hybridized carbons (Fsp3) is 0.667. The molecule has 4 heteroatoms. The Kier molecular flexibility index (Phi) is 12.7. The van der Waals surface area contributed by atoms with Crippen LogP contribution in [0.5, 0.6) is 0 Å². The molecular weight excluding hydrogens is 115 g/mol. The monoisotopic (exact) mass is 122 g/mol. The van der Waals surface area contributed by atoms with E-state index >= 15 is 0 Å². The number of hydrogen-bond acceptors (Lipinski definition) is 2. The van der Waals surface area contributed by atoms with Crippen molar-refractivity contribution in [3.05, 3.63) is 0 Å². The van der Waals surface area contributed by atoms with Crippen molar-refractivity contribution in [1.29, 1.82) is 0 Å². The number of hydrogen-bond donors (Lipinski definition) is 1. The zero-order chi connectivity index (χ0) is 6.28. The lowest BCUT2D eigenvalue weighted by atomic mass is 10.5. The normalized spacial score (nSPS) is 5.86. The molecule has 0 unspecified atom stereocenters. The minimum absolute atomic E-state index is 0.222. The number of carboxylic acid groups (broad SMARTS) is 1. The van der Waals surface area contributed by atoms with Crippen LogP contribution < -0.4 is 0 Å². The van der Waals surface area contributed by atoms with E-state index in [0.717, 1.165) is 0 Å². The van der Waals surface area contributed by atoms with Crippen LogP contribution in [0.1, 0.15) is 13.3 Å². The van der Waals surface area contributed by atoms with Gasteiger partial charge in [-0.15, -0.1) is 0 Å². The van der Waals surface area contributed by atoms with Gasteiger partial charge in [0.15, 0.2) is 0 Å². The highest BCUT2D eigenvalue weighted by Gasteiger charge is 1.80. The third kappa shape index (κ3) is 28.8. The fourth-order valence-corrected chi connectivity index (χ4v) is 0.